The van der Waals surface area contributed by atoms with E-state index in [0.717, 1.165) is 48.6 Å². The molecule has 0 unspecified atom stereocenters. The number of carbonyl (C=O) groups excluding carboxylic acids is 2. The standard InChI is InChI=1S/C30H35N5O4/c1-38-25-11-5-10-24(20-25)27-13-14-28(32-31-27)33-15-7-16-34(18-17-33)29(36)22-35(21-26-12-6-19-39-26)30(37)23-8-3-2-4-9-23/h2-5,8-11,13-14,20,26H,6-7,12,15-19,21-22H2,1H3/t26-/m0/s1. The van der Waals surface area contributed by atoms with Crippen LogP contribution in [-0.4, -0.2) is 90.9 Å². The van der Waals surface area contributed by atoms with Crippen LogP contribution in [0.25, 0.3) is 11.3 Å². The van der Waals surface area contributed by atoms with Crippen LogP contribution < -0.4 is 9.64 Å². The van der Waals surface area contributed by atoms with Gasteiger partial charge < -0.3 is 24.2 Å². The van der Waals surface area contributed by atoms with Crippen LogP contribution in [0.4, 0.5) is 5.82 Å². The largest absolute Gasteiger partial charge is 0.497 e. The predicted molar refractivity (Wildman–Crippen MR) is 149 cm³/mol. The third-order valence-electron chi connectivity index (χ3n) is 7.27. The number of anilines is 1. The number of ether oxygens (including phenoxy) is 2. The maximum atomic E-state index is 13.4. The summed E-state index contributed by atoms with van der Waals surface area (Å²) in [5.74, 6) is 1.38. The zero-order chi connectivity index (χ0) is 27.0. The van der Waals surface area contributed by atoms with Crippen molar-refractivity contribution < 1.29 is 19.1 Å². The summed E-state index contributed by atoms with van der Waals surface area (Å²) >= 11 is 0. The van der Waals surface area contributed by atoms with Gasteiger partial charge in [-0.15, -0.1) is 10.2 Å². The fourth-order valence-electron chi connectivity index (χ4n) is 5.11. The summed E-state index contributed by atoms with van der Waals surface area (Å²) in [4.78, 5) is 32.4. The predicted octanol–water partition coefficient (Wildman–Crippen LogP) is 3.51. The highest BCUT2D eigenvalue weighted by molar-refractivity contribution is 5.96. The third kappa shape index (κ3) is 6.72. The molecule has 0 spiro atoms. The van der Waals surface area contributed by atoms with Crippen LogP contribution in [0.2, 0.25) is 0 Å². The van der Waals surface area contributed by atoms with E-state index < -0.39 is 0 Å². The summed E-state index contributed by atoms with van der Waals surface area (Å²) in [6, 6.07) is 20.8. The van der Waals surface area contributed by atoms with Gasteiger partial charge in [0.05, 0.1) is 18.9 Å². The summed E-state index contributed by atoms with van der Waals surface area (Å²) < 4.78 is 11.1. The van der Waals surface area contributed by atoms with Crippen molar-refractivity contribution in [2.75, 3.05) is 57.9 Å². The maximum Gasteiger partial charge on any atom is 0.254 e. The molecule has 2 fully saturated rings. The van der Waals surface area contributed by atoms with Crippen molar-refractivity contribution in [1.29, 1.82) is 0 Å². The second kappa shape index (κ2) is 12.7. The van der Waals surface area contributed by atoms with Gasteiger partial charge in [-0.25, -0.2) is 0 Å². The van der Waals surface area contributed by atoms with Crippen molar-refractivity contribution in [2.45, 2.75) is 25.4 Å². The van der Waals surface area contributed by atoms with Crippen molar-refractivity contribution in [3.05, 3.63) is 72.3 Å². The molecule has 9 nitrogen and oxygen atoms in total. The number of aromatic nitrogens is 2. The smallest absolute Gasteiger partial charge is 0.254 e. The molecule has 2 saturated heterocycles. The molecule has 5 rings (SSSR count). The van der Waals surface area contributed by atoms with Gasteiger partial charge >= 0.3 is 0 Å². The van der Waals surface area contributed by atoms with Gasteiger partial charge in [0.2, 0.25) is 5.91 Å². The molecule has 0 radical (unpaired) electrons. The van der Waals surface area contributed by atoms with E-state index in [1.807, 2.05) is 59.5 Å². The molecule has 2 aromatic carbocycles. The molecule has 9 heteroatoms. The van der Waals surface area contributed by atoms with Gasteiger partial charge in [0.15, 0.2) is 5.82 Å². The molecule has 39 heavy (non-hydrogen) atoms. The molecule has 1 aromatic heterocycles. The number of amides is 2. The van der Waals surface area contributed by atoms with Crippen LogP contribution in [0.3, 0.4) is 0 Å². The fraction of sp³-hybridized carbons (Fsp3) is 0.400. The lowest BCUT2D eigenvalue weighted by molar-refractivity contribution is -0.132. The maximum absolute atomic E-state index is 13.4. The molecule has 2 aliphatic rings. The Morgan fingerprint density at radius 1 is 0.974 bits per heavy atom. The van der Waals surface area contributed by atoms with E-state index in [4.69, 9.17) is 9.47 Å². The van der Waals surface area contributed by atoms with Gasteiger partial charge in [-0.05, 0) is 55.7 Å². The van der Waals surface area contributed by atoms with E-state index in [0.29, 0.717) is 38.3 Å². The van der Waals surface area contributed by atoms with Crippen LogP contribution in [0, 0.1) is 0 Å². The molecular weight excluding hydrogens is 494 g/mol. The molecule has 0 aliphatic carbocycles. The summed E-state index contributed by atoms with van der Waals surface area (Å²) in [7, 11) is 1.64. The summed E-state index contributed by atoms with van der Waals surface area (Å²) in [5, 5.41) is 8.91. The SMILES string of the molecule is COc1cccc(-c2ccc(N3CCCN(C(=O)CN(C[C@@H]4CCCO4)C(=O)c4ccccc4)CC3)nn2)c1. The lowest BCUT2D eigenvalue weighted by atomic mass is 10.1. The normalized spacial score (nSPS) is 17.5. The Balaban J connectivity index is 1.21. The average Bonchev–Trinajstić information content (AvgIpc) is 3.38. The number of methoxy groups -OCH3 is 1. The summed E-state index contributed by atoms with van der Waals surface area (Å²) in [6.45, 7) is 3.80. The Morgan fingerprint density at radius 2 is 1.85 bits per heavy atom. The van der Waals surface area contributed by atoms with Gasteiger partial charge in [-0.1, -0.05) is 30.3 Å². The minimum absolute atomic E-state index is 0.0244. The zero-order valence-corrected chi connectivity index (χ0v) is 22.4. The minimum atomic E-state index is -0.137. The number of hydrogen-bond acceptors (Lipinski definition) is 7. The first-order valence-electron chi connectivity index (χ1n) is 13.6. The summed E-state index contributed by atoms with van der Waals surface area (Å²) in [6.07, 6.45) is 2.67. The second-order valence-corrected chi connectivity index (χ2v) is 9.92. The van der Waals surface area contributed by atoms with E-state index in [1.54, 1.807) is 24.1 Å². The van der Waals surface area contributed by atoms with Crippen LogP contribution in [0.15, 0.2) is 66.7 Å². The van der Waals surface area contributed by atoms with Crippen molar-refractivity contribution in [3.63, 3.8) is 0 Å². The monoisotopic (exact) mass is 529 g/mol. The van der Waals surface area contributed by atoms with Crippen LogP contribution in [0.1, 0.15) is 29.6 Å². The van der Waals surface area contributed by atoms with Crippen molar-refractivity contribution in [2.24, 2.45) is 0 Å². The van der Waals surface area contributed by atoms with Gasteiger partial charge in [-0.2, -0.15) is 0 Å². The van der Waals surface area contributed by atoms with E-state index in [-0.39, 0.29) is 24.5 Å². The Labute approximate surface area is 229 Å². The highest BCUT2D eigenvalue weighted by Gasteiger charge is 2.28. The van der Waals surface area contributed by atoms with E-state index >= 15 is 0 Å². The first-order valence-corrected chi connectivity index (χ1v) is 13.6. The van der Waals surface area contributed by atoms with Crippen molar-refractivity contribution in [1.82, 2.24) is 20.0 Å². The highest BCUT2D eigenvalue weighted by Crippen LogP contribution is 2.23. The fourth-order valence-corrected chi connectivity index (χ4v) is 5.11. The number of hydrogen-bond donors (Lipinski definition) is 0. The summed E-state index contributed by atoms with van der Waals surface area (Å²) in [5.41, 5.74) is 2.30. The molecule has 0 saturated carbocycles. The topological polar surface area (TPSA) is 88.1 Å². The van der Waals surface area contributed by atoms with Crippen LogP contribution >= 0.6 is 0 Å². The molecule has 0 N–H and O–H groups in total. The first-order chi connectivity index (χ1) is 19.1. The Bertz CT molecular complexity index is 1250. The van der Waals surface area contributed by atoms with E-state index in [1.165, 1.54) is 0 Å². The third-order valence-corrected chi connectivity index (χ3v) is 7.27. The molecule has 2 amide bonds. The average molecular weight is 530 g/mol. The minimum Gasteiger partial charge on any atom is -0.497 e. The van der Waals surface area contributed by atoms with Crippen LogP contribution in [-0.2, 0) is 9.53 Å². The lowest BCUT2D eigenvalue weighted by Gasteiger charge is -2.28. The Morgan fingerprint density at radius 3 is 2.59 bits per heavy atom. The number of nitrogens with zero attached hydrogens (tertiary/aromatic N) is 5. The van der Waals surface area contributed by atoms with Gasteiger partial charge in [0, 0.05) is 50.5 Å². The zero-order valence-electron chi connectivity index (χ0n) is 22.4. The lowest BCUT2D eigenvalue weighted by Crippen LogP contribution is -2.46. The number of carbonyl (C=O) groups is 2. The van der Waals surface area contributed by atoms with E-state index in [9.17, 15) is 9.59 Å². The second-order valence-electron chi connectivity index (χ2n) is 9.92. The molecule has 204 valence electrons. The van der Waals surface area contributed by atoms with E-state index in [2.05, 4.69) is 15.1 Å². The van der Waals surface area contributed by atoms with Crippen molar-refractivity contribution in [3.8, 4) is 17.0 Å². The molecule has 3 aromatic rings. The van der Waals surface area contributed by atoms with Gasteiger partial charge in [0.25, 0.3) is 5.91 Å². The first kappa shape index (κ1) is 26.6. The molecule has 1 atom stereocenters. The van der Waals surface area contributed by atoms with Gasteiger partial charge in [-0.3, -0.25) is 9.59 Å². The Hall–Kier alpha value is -3.98. The van der Waals surface area contributed by atoms with Gasteiger partial charge in [0.1, 0.15) is 12.3 Å². The molecule has 3 heterocycles. The molecular formula is C30H35N5O4. The number of rotatable bonds is 8. The number of benzene rings is 2. The molecule has 2 aliphatic heterocycles. The van der Waals surface area contributed by atoms with Crippen molar-refractivity contribution >= 4 is 17.6 Å². The Kier molecular flexibility index (Phi) is 8.68. The van der Waals surface area contributed by atoms with Crippen LogP contribution in [0.5, 0.6) is 5.75 Å². The highest BCUT2D eigenvalue weighted by atomic mass is 16.5. The molecule has 0 bridgehead atoms. The quantitative estimate of drug-likeness (QED) is 0.441.